The molecule has 3 N–H and O–H groups in total. The highest BCUT2D eigenvalue weighted by molar-refractivity contribution is 7.13. The molecule has 8 heteroatoms. The number of thiazole rings is 1. The van der Waals surface area contributed by atoms with E-state index in [0.717, 1.165) is 0 Å². The van der Waals surface area contributed by atoms with Gasteiger partial charge in [-0.05, 0) is 17.5 Å². The lowest BCUT2D eigenvalue weighted by Crippen LogP contribution is -2.21. The van der Waals surface area contributed by atoms with Gasteiger partial charge in [-0.25, -0.2) is 4.98 Å². The topological polar surface area (TPSA) is 108 Å². The second kappa shape index (κ2) is 6.29. The van der Waals surface area contributed by atoms with E-state index in [1.807, 2.05) is 0 Å². The van der Waals surface area contributed by atoms with Gasteiger partial charge in [-0.15, -0.1) is 11.3 Å². The van der Waals surface area contributed by atoms with Gasteiger partial charge in [0.25, 0.3) is 5.91 Å². The van der Waals surface area contributed by atoms with Gasteiger partial charge in [-0.1, -0.05) is 26.0 Å². The summed E-state index contributed by atoms with van der Waals surface area (Å²) >= 11 is 1.29. The molecule has 1 fully saturated rings. The van der Waals surface area contributed by atoms with E-state index in [1.54, 1.807) is 49.7 Å². The molecule has 2 atom stereocenters. The Hall–Kier alpha value is -2.74. The number of amides is 2. The number of nitrogens with one attached hydrogen (secondary N) is 2. The van der Waals surface area contributed by atoms with E-state index in [-0.39, 0.29) is 5.56 Å². The standard InChI is InChI=1S/C17H17N3O4S/c1-17(2)11(12(17)15(23)24)14(22)19-10-6-4-3-5-9(10)13(21)20-16-18-7-8-25-16/h3-8,11-12H,1-2H3,(H,19,22)(H,23,24)(H,18,20,21)/t11-,12-/m0/s1. The fourth-order valence-electron chi connectivity index (χ4n) is 3.04. The molecule has 1 saturated carbocycles. The van der Waals surface area contributed by atoms with Gasteiger partial charge >= 0.3 is 5.97 Å². The Bertz CT molecular complexity index is 832. The van der Waals surface area contributed by atoms with Crippen LogP contribution in [0.15, 0.2) is 35.8 Å². The molecule has 1 aliphatic rings. The lowest BCUT2D eigenvalue weighted by Gasteiger charge is -2.11. The molecule has 7 nitrogen and oxygen atoms in total. The monoisotopic (exact) mass is 359 g/mol. The van der Waals surface area contributed by atoms with Gasteiger partial charge in [0.2, 0.25) is 5.91 Å². The zero-order chi connectivity index (χ0) is 18.2. The fourth-order valence-corrected chi connectivity index (χ4v) is 3.56. The Balaban J connectivity index is 1.76. The molecule has 1 aliphatic carbocycles. The molecule has 1 aromatic carbocycles. The van der Waals surface area contributed by atoms with E-state index >= 15 is 0 Å². The number of carboxylic acid groups (broad SMARTS) is 1. The molecule has 3 rings (SSSR count). The van der Waals surface area contributed by atoms with Crippen molar-refractivity contribution in [2.45, 2.75) is 13.8 Å². The predicted molar refractivity (Wildman–Crippen MR) is 93.5 cm³/mol. The summed E-state index contributed by atoms with van der Waals surface area (Å²) in [6.07, 6.45) is 1.58. The van der Waals surface area contributed by atoms with Crippen molar-refractivity contribution in [3.63, 3.8) is 0 Å². The number of rotatable bonds is 5. The van der Waals surface area contributed by atoms with Crippen LogP contribution >= 0.6 is 11.3 Å². The van der Waals surface area contributed by atoms with Crippen molar-refractivity contribution in [2.24, 2.45) is 17.3 Å². The molecule has 2 amide bonds. The molecule has 0 aliphatic heterocycles. The molecule has 0 unspecified atom stereocenters. The fraction of sp³-hybridized carbons (Fsp3) is 0.294. The second-order valence-corrected chi connectivity index (χ2v) is 7.34. The summed E-state index contributed by atoms with van der Waals surface area (Å²) in [4.78, 5) is 40.1. The van der Waals surface area contributed by atoms with E-state index in [4.69, 9.17) is 0 Å². The number of carboxylic acids is 1. The van der Waals surface area contributed by atoms with E-state index in [0.29, 0.717) is 10.8 Å². The maximum Gasteiger partial charge on any atom is 0.307 e. The van der Waals surface area contributed by atoms with E-state index in [1.165, 1.54) is 11.3 Å². The van der Waals surface area contributed by atoms with Crippen LogP contribution in [0.3, 0.4) is 0 Å². The molecule has 0 saturated heterocycles. The third-order valence-electron chi connectivity index (χ3n) is 4.46. The third-order valence-corrected chi connectivity index (χ3v) is 5.15. The van der Waals surface area contributed by atoms with Gasteiger partial charge < -0.3 is 10.4 Å². The van der Waals surface area contributed by atoms with Crippen molar-refractivity contribution in [2.75, 3.05) is 10.6 Å². The van der Waals surface area contributed by atoms with Crippen molar-refractivity contribution in [3.05, 3.63) is 41.4 Å². The number of benzene rings is 1. The largest absolute Gasteiger partial charge is 0.481 e. The van der Waals surface area contributed by atoms with Gasteiger partial charge in [0.15, 0.2) is 5.13 Å². The second-order valence-electron chi connectivity index (χ2n) is 6.44. The predicted octanol–water partition coefficient (Wildman–Crippen LogP) is 2.69. The van der Waals surface area contributed by atoms with Crippen LogP contribution in [0.1, 0.15) is 24.2 Å². The first-order valence-electron chi connectivity index (χ1n) is 7.66. The molecular formula is C17H17N3O4S. The van der Waals surface area contributed by atoms with Gasteiger partial charge in [0, 0.05) is 11.6 Å². The molecule has 25 heavy (non-hydrogen) atoms. The number of aliphatic carboxylic acids is 1. The van der Waals surface area contributed by atoms with Crippen LogP contribution in [-0.4, -0.2) is 27.9 Å². The van der Waals surface area contributed by atoms with Crippen LogP contribution < -0.4 is 10.6 Å². The van der Waals surface area contributed by atoms with Gasteiger partial charge in [-0.3, -0.25) is 19.7 Å². The number of carbonyl (C=O) groups excluding carboxylic acids is 2. The first-order valence-corrected chi connectivity index (χ1v) is 8.54. The zero-order valence-electron chi connectivity index (χ0n) is 13.6. The van der Waals surface area contributed by atoms with Crippen molar-refractivity contribution in [3.8, 4) is 0 Å². The first kappa shape index (κ1) is 17.1. The number of carbonyl (C=O) groups is 3. The van der Waals surface area contributed by atoms with Crippen LogP contribution in [0, 0.1) is 17.3 Å². The van der Waals surface area contributed by atoms with Crippen LogP contribution in [0.5, 0.6) is 0 Å². The van der Waals surface area contributed by atoms with Crippen molar-refractivity contribution in [1.82, 2.24) is 4.98 Å². The third kappa shape index (κ3) is 3.25. The van der Waals surface area contributed by atoms with Crippen molar-refractivity contribution >= 4 is 39.9 Å². The first-order chi connectivity index (χ1) is 11.8. The minimum atomic E-state index is -0.986. The molecule has 130 valence electrons. The summed E-state index contributed by atoms with van der Waals surface area (Å²) in [6.45, 7) is 3.49. The lowest BCUT2D eigenvalue weighted by molar-refractivity contribution is -0.140. The quantitative estimate of drug-likeness (QED) is 0.760. The maximum absolute atomic E-state index is 12.5. The molecular weight excluding hydrogens is 342 g/mol. The molecule has 0 bridgehead atoms. The summed E-state index contributed by atoms with van der Waals surface area (Å²) in [5.74, 6) is -3.12. The maximum atomic E-state index is 12.5. The van der Waals surface area contributed by atoms with E-state index in [9.17, 15) is 19.5 Å². The van der Waals surface area contributed by atoms with Crippen LogP contribution in [-0.2, 0) is 9.59 Å². The zero-order valence-corrected chi connectivity index (χ0v) is 14.5. The minimum absolute atomic E-state index is 0.288. The van der Waals surface area contributed by atoms with Crippen molar-refractivity contribution in [1.29, 1.82) is 0 Å². The summed E-state index contributed by atoms with van der Waals surface area (Å²) < 4.78 is 0. The lowest BCUT2D eigenvalue weighted by atomic mass is 10.1. The van der Waals surface area contributed by atoms with Crippen LogP contribution in [0.25, 0.3) is 0 Å². The highest BCUT2D eigenvalue weighted by Gasteiger charge is 2.65. The summed E-state index contributed by atoms with van der Waals surface area (Å²) in [6, 6.07) is 6.58. The van der Waals surface area contributed by atoms with Crippen molar-refractivity contribution < 1.29 is 19.5 Å². The SMILES string of the molecule is CC1(C)[C@H](C(=O)O)[C@H]1C(=O)Nc1ccccc1C(=O)Nc1nccs1. The minimum Gasteiger partial charge on any atom is -0.481 e. The van der Waals surface area contributed by atoms with Crippen LogP contribution in [0.4, 0.5) is 10.8 Å². The Morgan fingerprint density at radius 1 is 1.16 bits per heavy atom. The number of anilines is 2. The normalized spacial score (nSPS) is 20.6. The highest BCUT2D eigenvalue weighted by atomic mass is 32.1. The molecule has 0 spiro atoms. The Morgan fingerprint density at radius 2 is 1.88 bits per heavy atom. The average molecular weight is 359 g/mol. The number of hydrogen-bond donors (Lipinski definition) is 3. The molecule has 1 aromatic heterocycles. The number of aromatic nitrogens is 1. The Morgan fingerprint density at radius 3 is 2.48 bits per heavy atom. The Kier molecular flexibility index (Phi) is 4.30. The van der Waals surface area contributed by atoms with E-state index in [2.05, 4.69) is 15.6 Å². The number of para-hydroxylation sites is 1. The molecule has 1 heterocycles. The van der Waals surface area contributed by atoms with Gasteiger partial charge in [0.05, 0.1) is 23.1 Å². The Labute approximate surface area is 148 Å². The van der Waals surface area contributed by atoms with Gasteiger partial charge in [0.1, 0.15) is 0 Å². The van der Waals surface area contributed by atoms with Crippen LogP contribution in [0.2, 0.25) is 0 Å². The smallest absolute Gasteiger partial charge is 0.307 e. The molecule has 2 aromatic rings. The highest BCUT2D eigenvalue weighted by Crippen LogP contribution is 2.58. The van der Waals surface area contributed by atoms with Gasteiger partial charge in [-0.2, -0.15) is 0 Å². The van der Waals surface area contributed by atoms with E-state index < -0.39 is 35.0 Å². The summed E-state index contributed by atoms with van der Waals surface area (Å²) in [7, 11) is 0. The number of hydrogen-bond acceptors (Lipinski definition) is 5. The average Bonchev–Trinajstić information content (AvgIpc) is 2.88. The summed E-state index contributed by atoms with van der Waals surface area (Å²) in [5.41, 5.74) is 0.0263. The molecule has 0 radical (unpaired) electrons. The summed E-state index contributed by atoms with van der Waals surface area (Å²) in [5, 5.41) is 16.8. The number of nitrogens with zero attached hydrogens (tertiary/aromatic N) is 1.